The predicted octanol–water partition coefficient (Wildman–Crippen LogP) is 4.82. The van der Waals surface area contributed by atoms with E-state index in [4.69, 9.17) is 7.48 Å². The smallest absolute Gasteiger partial charge is 0.355 e. The van der Waals surface area contributed by atoms with Gasteiger partial charge in [0.1, 0.15) is 5.69 Å². The molecule has 4 nitrogen and oxygen atoms in total. The van der Waals surface area contributed by atoms with Gasteiger partial charge in [-0.3, -0.25) is 0 Å². The highest BCUT2D eigenvalue weighted by Crippen LogP contribution is 2.29. The summed E-state index contributed by atoms with van der Waals surface area (Å²) in [4.78, 5) is 13.1. The summed E-state index contributed by atoms with van der Waals surface area (Å²) >= 11 is 0. The molecule has 2 aromatic carbocycles. The van der Waals surface area contributed by atoms with Crippen molar-refractivity contribution in [3.05, 3.63) is 70.9 Å². The molecule has 4 rings (SSSR count). The third kappa shape index (κ3) is 3.69. The van der Waals surface area contributed by atoms with Crippen LogP contribution in [0.1, 0.15) is 56.1 Å². The van der Waals surface area contributed by atoms with E-state index in [-0.39, 0.29) is 18.3 Å². The lowest BCUT2D eigenvalue weighted by Gasteiger charge is -2.26. The minimum absolute atomic E-state index is 0.134. The van der Waals surface area contributed by atoms with Crippen molar-refractivity contribution in [1.82, 2.24) is 9.88 Å². The molecule has 28 heavy (non-hydrogen) atoms. The Labute approximate surface area is 169 Å². The highest BCUT2D eigenvalue weighted by Gasteiger charge is 2.25. The number of fused-ring (bicyclic) bond motifs is 1. The van der Waals surface area contributed by atoms with Gasteiger partial charge in [-0.15, -0.1) is 0 Å². The van der Waals surface area contributed by atoms with Crippen molar-refractivity contribution in [3.8, 4) is 0 Å². The number of hydrogen-bond acceptors (Lipinski definition) is 3. The molecule has 146 valence electrons. The number of carbonyl (C=O) groups excluding carboxylic acids is 1. The lowest BCUT2D eigenvalue weighted by Crippen LogP contribution is -2.35. The fourth-order valence-corrected chi connectivity index (χ4v) is 3.61. The number of hydrogen-bond donors (Lipinski definition) is 1. The van der Waals surface area contributed by atoms with E-state index in [9.17, 15) is 4.79 Å². The molecule has 0 saturated heterocycles. The van der Waals surface area contributed by atoms with Crippen LogP contribution in [0.3, 0.4) is 0 Å². The molecule has 1 heterocycles. The number of esters is 1. The average Bonchev–Trinajstić information content (AvgIpc) is 3.02. The molecule has 0 amide bonds. The van der Waals surface area contributed by atoms with Crippen LogP contribution in [0.15, 0.2) is 48.5 Å². The molecule has 1 aromatic heterocycles. The van der Waals surface area contributed by atoms with E-state index < -0.39 is 12.5 Å². The number of aromatic nitrogens is 1. The molecule has 4 heteroatoms. The maximum atomic E-state index is 13.1. The van der Waals surface area contributed by atoms with Gasteiger partial charge >= 0.3 is 5.97 Å². The molecule has 1 saturated carbocycles. The molecule has 0 radical (unpaired) electrons. The normalized spacial score (nSPS) is 15.8. The first-order valence-electron chi connectivity index (χ1n) is 11.0. The molecule has 1 fully saturated rings. The second kappa shape index (κ2) is 8.19. The Morgan fingerprint density at radius 2 is 1.96 bits per heavy atom. The summed E-state index contributed by atoms with van der Waals surface area (Å²) in [5.41, 5.74) is 3.70. The van der Waals surface area contributed by atoms with Crippen LogP contribution in [-0.2, 0) is 17.8 Å². The number of para-hydroxylation sites is 1. The topological polar surface area (TPSA) is 43.3 Å². The number of nitrogens with one attached hydrogen (secondary N) is 1. The van der Waals surface area contributed by atoms with E-state index in [1.165, 1.54) is 5.56 Å². The molecular weight excluding hydrogens is 348 g/mol. The Morgan fingerprint density at radius 1 is 1.21 bits per heavy atom. The number of carbonyl (C=O) groups is 1. The van der Waals surface area contributed by atoms with Gasteiger partial charge in [-0.25, -0.2) is 4.79 Å². The minimum atomic E-state index is -1.84. The molecule has 1 aliphatic carbocycles. The summed E-state index contributed by atoms with van der Waals surface area (Å²) in [6.45, 7) is 2.67. The lowest BCUT2D eigenvalue weighted by molar-refractivity contribution is 0.0513. The van der Waals surface area contributed by atoms with E-state index in [2.05, 4.69) is 5.32 Å². The molecule has 0 atom stereocenters. The van der Waals surface area contributed by atoms with Crippen LogP contribution in [0.2, 0.25) is 0 Å². The Bertz CT molecular complexity index is 1050. The van der Waals surface area contributed by atoms with Crippen molar-refractivity contribution >= 4 is 16.9 Å². The number of ether oxygens (including phenoxy) is 1. The van der Waals surface area contributed by atoms with Crippen LogP contribution in [0.4, 0.5) is 0 Å². The molecule has 3 aromatic rings. The summed E-state index contributed by atoms with van der Waals surface area (Å²) in [7, 11) is 0. The van der Waals surface area contributed by atoms with Crippen LogP contribution < -0.4 is 5.32 Å². The highest BCUT2D eigenvalue weighted by atomic mass is 16.5. The van der Waals surface area contributed by atoms with Gasteiger partial charge in [0, 0.05) is 38.3 Å². The Hall–Kier alpha value is -2.59. The minimum Gasteiger partial charge on any atom is -0.461 e. The standard InChI is InChI=1S/C24H28N2O2/c1-3-28-24(27)23-21(15-25-19-7-6-8-19)20-9-4-5-10-22(20)26(23)16-18-13-11-17(2)12-14-18/h4-5,9-14,19,25H,3,6-8,15-16H2,1-2H3/i15D2. The molecule has 1 aliphatic rings. The summed E-state index contributed by atoms with van der Waals surface area (Å²) in [5.74, 6) is -0.491. The Balaban J connectivity index is 1.89. The van der Waals surface area contributed by atoms with Crippen molar-refractivity contribution < 1.29 is 12.3 Å². The van der Waals surface area contributed by atoms with Crippen LogP contribution >= 0.6 is 0 Å². The average molecular weight is 379 g/mol. The maximum absolute atomic E-state index is 13.1. The van der Waals surface area contributed by atoms with Crippen LogP contribution in [-0.4, -0.2) is 23.2 Å². The van der Waals surface area contributed by atoms with E-state index >= 15 is 0 Å². The maximum Gasteiger partial charge on any atom is 0.355 e. The fourth-order valence-electron chi connectivity index (χ4n) is 3.61. The first kappa shape index (κ1) is 16.4. The van der Waals surface area contributed by atoms with E-state index in [1.54, 1.807) is 6.92 Å². The van der Waals surface area contributed by atoms with Crippen molar-refractivity contribution in [2.45, 2.75) is 52.2 Å². The van der Waals surface area contributed by atoms with Crippen molar-refractivity contribution in [2.24, 2.45) is 0 Å². The third-order valence-electron chi connectivity index (χ3n) is 5.41. The summed E-state index contributed by atoms with van der Waals surface area (Å²) < 4.78 is 25.0. The zero-order chi connectivity index (χ0) is 21.3. The van der Waals surface area contributed by atoms with Gasteiger partial charge in [0.05, 0.1) is 6.61 Å². The molecule has 0 spiro atoms. The van der Waals surface area contributed by atoms with Gasteiger partial charge in [0.25, 0.3) is 0 Å². The molecular formula is C24H28N2O2. The summed E-state index contributed by atoms with van der Waals surface area (Å²) in [6, 6.07) is 15.9. The van der Waals surface area contributed by atoms with Crippen molar-refractivity contribution in [3.63, 3.8) is 0 Å². The van der Waals surface area contributed by atoms with E-state index in [1.807, 2.05) is 60.0 Å². The summed E-state index contributed by atoms with van der Waals surface area (Å²) in [5, 5.41) is 3.88. The van der Waals surface area contributed by atoms with Gasteiger partial charge in [-0.05, 0) is 38.3 Å². The molecule has 1 N–H and O–H groups in total. The van der Waals surface area contributed by atoms with Gasteiger partial charge in [-0.2, -0.15) is 0 Å². The van der Waals surface area contributed by atoms with Gasteiger partial charge < -0.3 is 14.6 Å². The Kier molecular flexibility index (Phi) is 4.79. The second-order valence-electron chi connectivity index (χ2n) is 7.43. The van der Waals surface area contributed by atoms with Gasteiger partial charge in [0.2, 0.25) is 0 Å². The zero-order valence-corrected chi connectivity index (χ0v) is 16.5. The monoisotopic (exact) mass is 378 g/mol. The largest absolute Gasteiger partial charge is 0.461 e. The zero-order valence-electron chi connectivity index (χ0n) is 18.5. The number of nitrogens with zero attached hydrogens (tertiary/aromatic N) is 1. The van der Waals surface area contributed by atoms with E-state index in [0.29, 0.717) is 12.1 Å². The number of aryl methyl sites for hydroxylation is 1. The predicted molar refractivity (Wildman–Crippen MR) is 113 cm³/mol. The summed E-state index contributed by atoms with van der Waals surface area (Å²) in [6.07, 6.45) is 3.01. The first-order chi connectivity index (χ1) is 14.4. The third-order valence-corrected chi connectivity index (χ3v) is 5.41. The van der Waals surface area contributed by atoms with Crippen LogP contribution in [0.5, 0.6) is 0 Å². The van der Waals surface area contributed by atoms with Crippen molar-refractivity contribution in [2.75, 3.05) is 6.61 Å². The fraction of sp³-hybridized carbons (Fsp3) is 0.375. The molecule has 0 bridgehead atoms. The molecule has 0 aliphatic heterocycles. The van der Waals surface area contributed by atoms with Gasteiger partial charge in [-0.1, -0.05) is 54.4 Å². The van der Waals surface area contributed by atoms with Gasteiger partial charge in [0.15, 0.2) is 0 Å². The number of benzene rings is 2. The molecule has 0 unspecified atom stereocenters. The number of rotatable bonds is 7. The quantitative estimate of drug-likeness (QED) is 0.600. The lowest BCUT2D eigenvalue weighted by atomic mass is 9.93. The first-order valence-corrected chi connectivity index (χ1v) is 10.0. The van der Waals surface area contributed by atoms with Crippen molar-refractivity contribution in [1.29, 1.82) is 0 Å². The SMILES string of the molecule is [2H]C([2H])(NC1CCC1)c1c(C(=O)OCC)n(Cc2ccc(C)cc2)c2ccccc12. The van der Waals surface area contributed by atoms with Crippen LogP contribution in [0.25, 0.3) is 10.9 Å². The van der Waals surface area contributed by atoms with Crippen LogP contribution in [0, 0.1) is 6.92 Å². The van der Waals surface area contributed by atoms with E-state index in [0.717, 1.165) is 35.7 Å². The Morgan fingerprint density at radius 3 is 2.64 bits per heavy atom. The highest BCUT2D eigenvalue weighted by molar-refractivity contribution is 5.99. The second-order valence-corrected chi connectivity index (χ2v) is 7.43.